The summed E-state index contributed by atoms with van der Waals surface area (Å²) in [6.45, 7) is 6.17. The third-order valence-electron chi connectivity index (χ3n) is 6.54. The second kappa shape index (κ2) is 14.5. The third-order valence-corrected chi connectivity index (χ3v) is 7.66. The van der Waals surface area contributed by atoms with Gasteiger partial charge in [-0.25, -0.2) is 8.42 Å². The number of hydrogen-bond donors (Lipinski definition) is 1. The monoisotopic (exact) mass is 565 g/mol. The molecule has 0 aliphatic carbocycles. The fourth-order valence-electron chi connectivity index (χ4n) is 4.43. The van der Waals surface area contributed by atoms with Crippen LogP contribution in [-0.4, -0.2) is 57.1 Å². The van der Waals surface area contributed by atoms with Crippen LogP contribution in [0.25, 0.3) is 0 Å². The van der Waals surface area contributed by atoms with E-state index in [1.807, 2.05) is 68.4 Å². The zero-order valence-corrected chi connectivity index (χ0v) is 24.5. The number of sulfonamides is 1. The van der Waals surface area contributed by atoms with E-state index in [0.717, 1.165) is 33.7 Å². The molecule has 8 nitrogen and oxygen atoms in total. The quantitative estimate of drug-likeness (QED) is 0.314. The van der Waals surface area contributed by atoms with E-state index in [1.165, 1.54) is 4.90 Å². The maximum Gasteiger partial charge on any atom is 0.244 e. The highest BCUT2D eigenvalue weighted by Gasteiger charge is 2.33. The van der Waals surface area contributed by atoms with Crippen molar-refractivity contribution >= 4 is 27.5 Å². The SMILES string of the molecule is CCCNC(=O)[C@@H](Cc1ccccc1)N(Cc1ccccc1C)C(=O)CN(c1ccccc1OCC)S(C)(=O)=O. The Bertz CT molecular complexity index is 1380. The van der Waals surface area contributed by atoms with Gasteiger partial charge in [0.25, 0.3) is 0 Å². The molecular weight excluding hydrogens is 526 g/mol. The minimum absolute atomic E-state index is 0.146. The van der Waals surface area contributed by atoms with Gasteiger partial charge in [-0.05, 0) is 49.1 Å². The zero-order valence-electron chi connectivity index (χ0n) is 23.7. The van der Waals surface area contributed by atoms with Crippen molar-refractivity contribution in [2.24, 2.45) is 0 Å². The fraction of sp³-hybridized carbons (Fsp3) is 0.355. The normalized spacial score (nSPS) is 11.9. The summed E-state index contributed by atoms with van der Waals surface area (Å²) in [5.41, 5.74) is 3.00. The van der Waals surface area contributed by atoms with Crippen LogP contribution in [-0.2, 0) is 32.6 Å². The number of carbonyl (C=O) groups excluding carboxylic acids is 2. The average molecular weight is 566 g/mol. The Hall–Kier alpha value is -3.85. The molecule has 0 heterocycles. The topological polar surface area (TPSA) is 96.0 Å². The van der Waals surface area contributed by atoms with E-state index >= 15 is 0 Å². The minimum atomic E-state index is -3.88. The summed E-state index contributed by atoms with van der Waals surface area (Å²) >= 11 is 0. The Balaban J connectivity index is 2.08. The molecule has 0 aromatic heterocycles. The van der Waals surface area contributed by atoms with Crippen LogP contribution in [0.4, 0.5) is 5.69 Å². The Morgan fingerprint density at radius 1 is 0.925 bits per heavy atom. The van der Waals surface area contributed by atoms with Gasteiger partial charge in [-0.2, -0.15) is 0 Å². The molecule has 214 valence electrons. The summed E-state index contributed by atoms with van der Waals surface area (Å²) in [6.07, 6.45) is 2.08. The van der Waals surface area contributed by atoms with Crippen LogP contribution in [0.1, 0.15) is 37.0 Å². The first kappa shape index (κ1) is 30.7. The van der Waals surface area contributed by atoms with Crippen LogP contribution in [0.3, 0.4) is 0 Å². The standard InChI is InChI=1S/C31H39N3O5S/c1-5-20-32-31(36)28(21-25-15-8-7-9-16-25)33(22-26-17-11-10-14-24(26)3)30(35)23-34(40(4,37)38)27-18-12-13-19-29(27)39-6-2/h7-19,28H,5-6,20-23H2,1-4H3,(H,32,36)/t28-/m1/s1. The Morgan fingerprint density at radius 3 is 2.23 bits per heavy atom. The maximum atomic E-state index is 14.2. The lowest BCUT2D eigenvalue weighted by Crippen LogP contribution is -2.53. The highest BCUT2D eigenvalue weighted by atomic mass is 32.2. The smallest absolute Gasteiger partial charge is 0.244 e. The number of benzene rings is 3. The summed E-state index contributed by atoms with van der Waals surface area (Å²) in [5.74, 6) is -0.420. The molecule has 0 saturated heterocycles. The summed E-state index contributed by atoms with van der Waals surface area (Å²) in [7, 11) is -3.88. The number of rotatable bonds is 14. The molecule has 0 aliphatic heterocycles. The van der Waals surface area contributed by atoms with E-state index in [-0.39, 0.29) is 24.6 Å². The number of amides is 2. The van der Waals surface area contributed by atoms with E-state index in [0.29, 0.717) is 18.9 Å². The Kier molecular flexibility index (Phi) is 11.1. The number of anilines is 1. The van der Waals surface area contributed by atoms with Crippen LogP contribution < -0.4 is 14.4 Å². The average Bonchev–Trinajstić information content (AvgIpc) is 2.93. The van der Waals surface area contributed by atoms with Crippen LogP contribution in [0.15, 0.2) is 78.9 Å². The van der Waals surface area contributed by atoms with Gasteiger partial charge in [0.05, 0.1) is 18.6 Å². The molecule has 0 bridgehead atoms. The Labute approximate surface area is 238 Å². The summed E-state index contributed by atoms with van der Waals surface area (Å²) in [4.78, 5) is 29.2. The van der Waals surface area contributed by atoms with E-state index in [9.17, 15) is 18.0 Å². The molecule has 0 spiro atoms. The molecule has 40 heavy (non-hydrogen) atoms. The van der Waals surface area contributed by atoms with Crippen molar-refractivity contribution in [3.63, 3.8) is 0 Å². The predicted octanol–water partition coefficient (Wildman–Crippen LogP) is 4.33. The highest BCUT2D eigenvalue weighted by molar-refractivity contribution is 7.92. The lowest BCUT2D eigenvalue weighted by Gasteiger charge is -2.34. The molecule has 0 fully saturated rings. The van der Waals surface area contributed by atoms with Crippen LogP contribution in [0, 0.1) is 6.92 Å². The van der Waals surface area contributed by atoms with E-state index < -0.39 is 28.5 Å². The number of ether oxygens (including phenoxy) is 1. The van der Waals surface area contributed by atoms with Gasteiger partial charge in [0, 0.05) is 19.5 Å². The highest BCUT2D eigenvalue weighted by Crippen LogP contribution is 2.30. The molecule has 0 radical (unpaired) electrons. The van der Waals surface area contributed by atoms with Gasteiger partial charge in [0.15, 0.2) is 0 Å². The molecule has 0 unspecified atom stereocenters. The van der Waals surface area contributed by atoms with Crippen LogP contribution in [0.5, 0.6) is 5.75 Å². The maximum absolute atomic E-state index is 14.2. The van der Waals surface area contributed by atoms with Crippen molar-refractivity contribution in [3.05, 3.63) is 95.6 Å². The summed E-state index contributed by atoms with van der Waals surface area (Å²) in [5, 5.41) is 2.94. The van der Waals surface area contributed by atoms with Crippen LogP contribution >= 0.6 is 0 Å². The van der Waals surface area contributed by atoms with Gasteiger partial charge in [0.2, 0.25) is 21.8 Å². The van der Waals surface area contributed by atoms with Crippen molar-refractivity contribution in [1.82, 2.24) is 10.2 Å². The molecular formula is C31H39N3O5S. The molecule has 0 saturated carbocycles. The number of carbonyl (C=O) groups is 2. The first-order chi connectivity index (χ1) is 19.2. The number of nitrogens with one attached hydrogen (secondary N) is 1. The number of aryl methyl sites for hydroxylation is 1. The number of hydrogen-bond acceptors (Lipinski definition) is 5. The van der Waals surface area contributed by atoms with E-state index in [2.05, 4.69) is 5.32 Å². The zero-order chi connectivity index (χ0) is 29.1. The van der Waals surface area contributed by atoms with Gasteiger partial charge in [0.1, 0.15) is 18.3 Å². The molecule has 1 atom stereocenters. The van der Waals surface area contributed by atoms with Gasteiger partial charge in [-0.1, -0.05) is 73.7 Å². The molecule has 2 amide bonds. The van der Waals surface area contributed by atoms with E-state index in [4.69, 9.17) is 4.74 Å². The molecule has 3 aromatic rings. The first-order valence-corrected chi connectivity index (χ1v) is 15.4. The number of para-hydroxylation sites is 2. The summed E-state index contributed by atoms with van der Waals surface area (Å²) < 4.78 is 32.8. The van der Waals surface area contributed by atoms with Crippen molar-refractivity contribution in [2.75, 3.05) is 30.3 Å². The van der Waals surface area contributed by atoms with Gasteiger partial charge in [-0.3, -0.25) is 13.9 Å². The van der Waals surface area contributed by atoms with E-state index in [1.54, 1.807) is 31.2 Å². The Morgan fingerprint density at radius 2 is 1.57 bits per heavy atom. The first-order valence-electron chi connectivity index (χ1n) is 13.5. The van der Waals surface area contributed by atoms with Crippen molar-refractivity contribution in [1.29, 1.82) is 0 Å². The minimum Gasteiger partial charge on any atom is -0.492 e. The second-order valence-corrected chi connectivity index (χ2v) is 11.5. The predicted molar refractivity (Wildman–Crippen MR) is 159 cm³/mol. The molecule has 9 heteroatoms. The molecule has 3 aromatic carbocycles. The van der Waals surface area contributed by atoms with Gasteiger partial charge >= 0.3 is 0 Å². The molecule has 0 aliphatic rings. The molecule has 3 rings (SSSR count). The lowest BCUT2D eigenvalue weighted by atomic mass is 10.0. The van der Waals surface area contributed by atoms with Gasteiger partial charge in [-0.15, -0.1) is 0 Å². The van der Waals surface area contributed by atoms with Crippen LogP contribution in [0.2, 0.25) is 0 Å². The third kappa shape index (κ3) is 8.32. The molecule has 1 N–H and O–H groups in total. The van der Waals surface area contributed by atoms with Gasteiger partial charge < -0.3 is 15.0 Å². The largest absolute Gasteiger partial charge is 0.492 e. The van der Waals surface area contributed by atoms with Crippen molar-refractivity contribution < 1.29 is 22.7 Å². The lowest BCUT2D eigenvalue weighted by molar-refractivity contribution is -0.140. The van der Waals surface area contributed by atoms with Crippen molar-refractivity contribution in [3.8, 4) is 5.75 Å². The van der Waals surface area contributed by atoms with Crippen molar-refractivity contribution in [2.45, 2.75) is 46.2 Å². The number of nitrogens with zero attached hydrogens (tertiary/aromatic N) is 2. The fourth-order valence-corrected chi connectivity index (χ4v) is 5.28. The summed E-state index contributed by atoms with van der Waals surface area (Å²) in [6, 6.07) is 23.0. The second-order valence-electron chi connectivity index (χ2n) is 9.62.